The highest BCUT2D eigenvalue weighted by Crippen LogP contribution is 2.06. The van der Waals surface area contributed by atoms with Gasteiger partial charge >= 0.3 is 5.97 Å². The van der Waals surface area contributed by atoms with Gasteiger partial charge in [0.1, 0.15) is 12.7 Å². The second-order valence-electron chi connectivity index (χ2n) is 4.01. The largest absolute Gasteiger partial charge is 0.463 e. The van der Waals surface area contributed by atoms with E-state index in [1.54, 1.807) is 0 Å². The van der Waals surface area contributed by atoms with E-state index in [9.17, 15) is 4.79 Å². The zero-order valence-corrected chi connectivity index (χ0v) is 11.1. The summed E-state index contributed by atoms with van der Waals surface area (Å²) in [5.74, 6) is -0.295. The van der Waals surface area contributed by atoms with Gasteiger partial charge < -0.3 is 19.7 Å². The number of nitrogens with one attached hydrogen (secondary N) is 1. The van der Waals surface area contributed by atoms with Gasteiger partial charge in [0.05, 0.1) is 12.6 Å². The molecule has 0 aromatic heterocycles. The molecule has 0 unspecified atom stereocenters. The third-order valence-electron chi connectivity index (χ3n) is 2.21. The van der Waals surface area contributed by atoms with Crippen LogP contribution in [0.2, 0.25) is 0 Å². The molecule has 0 saturated carbocycles. The molecule has 0 saturated heterocycles. The molecule has 0 fully saturated rings. The van der Waals surface area contributed by atoms with Gasteiger partial charge in [0.15, 0.2) is 5.11 Å². The number of carbonyl (C=O) groups is 1. The number of hydrogen-bond donors (Lipinski definition) is 1. The molecule has 5 nitrogen and oxygen atoms in total. The number of esters is 1. The van der Waals surface area contributed by atoms with Crippen LogP contribution in [-0.2, 0) is 14.3 Å². The standard InChI is InChI=1S/C11H18N2O3S/c1-8(14)15-7-10-5-4-9(6-16-10)12-11(17)13(2)3/h4-5,9-10H,6-7H2,1-3H3,(H,12,17)/t9-,10-/m1/s1. The topological polar surface area (TPSA) is 50.8 Å². The zero-order valence-electron chi connectivity index (χ0n) is 10.3. The maximum Gasteiger partial charge on any atom is 0.302 e. The summed E-state index contributed by atoms with van der Waals surface area (Å²) in [4.78, 5) is 12.5. The highest BCUT2D eigenvalue weighted by molar-refractivity contribution is 7.80. The third kappa shape index (κ3) is 5.14. The van der Waals surface area contributed by atoms with E-state index in [0.717, 1.165) is 0 Å². The minimum absolute atomic E-state index is 0.0680. The Morgan fingerprint density at radius 1 is 1.59 bits per heavy atom. The van der Waals surface area contributed by atoms with Crippen molar-refractivity contribution in [1.29, 1.82) is 0 Å². The van der Waals surface area contributed by atoms with E-state index in [-0.39, 0.29) is 24.7 Å². The average Bonchev–Trinajstić information content (AvgIpc) is 2.28. The second-order valence-corrected chi connectivity index (χ2v) is 4.40. The predicted octanol–water partition coefficient (Wildman–Crippen LogP) is 0.309. The second kappa shape index (κ2) is 6.56. The SMILES string of the molecule is CC(=O)OC[C@H]1C=C[C@@H](NC(=S)N(C)C)CO1. The van der Waals surface area contributed by atoms with E-state index >= 15 is 0 Å². The van der Waals surface area contributed by atoms with Crippen molar-refractivity contribution in [3.8, 4) is 0 Å². The number of nitrogens with zero attached hydrogens (tertiary/aromatic N) is 1. The third-order valence-corrected chi connectivity index (χ3v) is 2.70. The fourth-order valence-electron chi connectivity index (χ4n) is 1.28. The van der Waals surface area contributed by atoms with Crippen LogP contribution in [0, 0.1) is 0 Å². The monoisotopic (exact) mass is 258 g/mol. The Labute approximate surface area is 107 Å². The minimum atomic E-state index is -0.295. The molecule has 2 atom stereocenters. The Balaban J connectivity index is 2.34. The summed E-state index contributed by atoms with van der Waals surface area (Å²) in [5.41, 5.74) is 0. The Kier molecular flexibility index (Phi) is 5.37. The van der Waals surface area contributed by atoms with Crippen molar-refractivity contribution < 1.29 is 14.3 Å². The fourth-order valence-corrected chi connectivity index (χ4v) is 1.43. The molecule has 0 aromatic rings. The van der Waals surface area contributed by atoms with Crippen LogP contribution in [-0.4, -0.2) is 55.4 Å². The molecule has 0 aromatic carbocycles. The Hall–Kier alpha value is -1.14. The number of rotatable bonds is 3. The number of thiocarbonyl (C=S) groups is 1. The summed E-state index contributed by atoms with van der Waals surface area (Å²) < 4.78 is 10.4. The summed E-state index contributed by atoms with van der Waals surface area (Å²) in [6.45, 7) is 2.15. The van der Waals surface area contributed by atoms with Crippen LogP contribution < -0.4 is 5.32 Å². The van der Waals surface area contributed by atoms with E-state index in [4.69, 9.17) is 21.7 Å². The van der Waals surface area contributed by atoms with Gasteiger partial charge in [-0.1, -0.05) is 12.2 Å². The molecule has 0 aliphatic carbocycles. The normalized spacial score (nSPS) is 23.0. The summed E-state index contributed by atoms with van der Waals surface area (Å²) in [6, 6.07) is 0.0680. The quantitative estimate of drug-likeness (QED) is 0.447. The van der Waals surface area contributed by atoms with Crippen molar-refractivity contribution in [1.82, 2.24) is 10.2 Å². The highest BCUT2D eigenvalue weighted by Gasteiger charge is 2.17. The summed E-state index contributed by atoms with van der Waals surface area (Å²) in [5, 5.41) is 3.81. The maximum atomic E-state index is 10.6. The average molecular weight is 258 g/mol. The molecule has 1 N–H and O–H groups in total. The van der Waals surface area contributed by atoms with Crippen LogP contribution in [0.25, 0.3) is 0 Å². The van der Waals surface area contributed by atoms with Crippen molar-refractivity contribution in [2.75, 3.05) is 27.3 Å². The lowest BCUT2D eigenvalue weighted by molar-refractivity contribution is -0.144. The van der Waals surface area contributed by atoms with Crippen LogP contribution in [0.5, 0.6) is 0 Å². The first-order valence-corrected chi connectivity index (χ1v) is 5.81. The van der Waals surface area contributed by atoms with Crippen LogP contribution >= 0.6 is 12.2 Å². The van der Waals surface area contributed by atoms with E-state index in [1.807, 2.05) is 31.1 Å². The van der Waals surface area contributed by atoms with Crippen molar-refractivity contribution in [3.63, 3.8) is 0 Å². The summed E-state index contributed by atoms with van der Waals surface area (Å²) in [7, 11) is 3.76. The van der Waals surface area contributed by atoms with Crippen LogP contribution in [0.3, 0.4) is 0 Å². The van der Waals surface area contributed by atoms with Gasteiger partial charge in [-0.2, -0.15) is 0 Å². The van der Waals surface area contributed by atoms with E-state index in [1.165, 1.54) is 6.92 Å². The van der Waals surface area contributed by atoms with Gasteiger partial charge in [0, 0.05) is 21.0 Å². The molecule has 1 heterocycles. The molecule has 17 heavy (non-hydrogen) atoms. The van der Waals surface area contributed by atoms with Gasteiger partial charge in [-0.3, -0.25) is 4.79 Å². The predicted molar refractivity (Wildman–Crippen MR) is 68.7 cm³/mol. The lowest BCUT2D eigenvalue weighted by Crippen LogP contribution is -2.44. The zero-order chi connectivity index (χ0) is 12.8. The van der Waals surface area contributed by atoms with Crippen LogP contribution in [0.15, 0.2) is 12.2 Å². The van der Waals surface area contributed by atoms with E-state index in [0.29, 0.717) is 11.7 Å². The number of carbonyl (C=O) groups excluding carboxylic acids is 1. The Morgan fingerprint density at radius 2 is 2.29 bits per heavy atom. The molecule has 0 radical (unpaired) electrons. The smallest absolute Gasteiger partial charge is 0.302 e. The van der Waals surface area contributed by atoms with Crippen LogP contribution in [0.4, 0.5) is 0 Å². The molecule has 0 bridgehead atoms. The fraction of sp³-hybridized carbons (Fsp3) is 0.636. The molecule has 96 valence electrons. The first-order valence-electron chi connectivity index (χ1n) is 5.40. The van der Waals surface area contributed by atoms with Gasteiger partial charge in [-0.15, -0.1) is 0 Å². The first-order chi connectivity index (χ1) is 7.99. The lowest BCUT2D eigenvalue weighted by atomic mass is 10.2. The molecular weight excluding hydrogens is 240 g/mol. The highest BCUT2D eigenvalue weighted by atomic mass is 32.1. The number of hydrogen-bond acceptors (Lipinski definition) is 4. The van der Waals surface area contributed by atoms with Gasteiger partial charge in [0.2, 0.25) is 0 Å². The Bertz CT molecular complexity index is 318. The van der Waals surface area contributed by atoms with Gasteiger partial charge in [0.25, 0.3) is 0 Å². The minimum Gasteiger partial charge on any atom is -0.463 e. The summed E-state index contributed by atoms with van der Waals surface area (Å²) >= 11 is 5.13. The lowest BCUT2D eigenvalue weighted by Gasteiger charge is -2.26. The molecule has 1 aliphatic rings. The Morgan fingerprint density at radius 3 is 2.76 bits per heavy atom. The number of ether oxygens (including phenoxy) is 2. The van der Waals surface area contributed by atoms with Gasteiger partial charge in [-0.05, 0) is 12.2 Å². The molecule has 6 heteroatoms. The van der Waals surface area contributed by atoms with Crippen LogP contribution in [0.1, 0.15) is 6.92 Å². The first kappa shape index (κ1) is 13.9. The summed E-state index contributed by atoms with van der Waals surface area (Å²) in [6.07, 6.45) is 3.69. The molecule has 1 rings (SSSR count). The van der Waals surface area contributed by atoms with Crippen molar-refractivity contribution in [2.45, 2.75) is 19.1 Å². The maximum absolute atomic E-state index is 10.6. The molecule has 0 spiro atoms. The molecular formula is C11H18N2O3S. The van der Waals surface area contributed by atoms with Crippen molar-refractivity contribution in [2.24, 2.45) is 0 Å². The van der Waals surface area contributed by atoms with Gasteiger partial charge in [-0.25, -0.2) is 0 Å². The molecule has 0 amide bonds. The van der Waals surface area contributed by atoms with Crippen molar-refractivity contribution in [3.05, 3.63) is 12.2 Å². The molecule has 1 aliphatic heterocycles. The van der Waals surface area contributed by atoms with E-state index in [2.05, 4.69) is 5.32 Å². The van der Waals surface area contributed by atoms with E-state index < -0.39 is 0 Å². The van der Waals surface area contributed by atoms with Crippen molar-refractivity contribution >= 4 is 23.3 Å².